The standard InChI is InChI=1S/C15H12N2OS/c16-9-11-3-1-4-12(7-11)10-17-15(18)13-5-2-6-14(19)8-13/h1-8,19H,10H2,(H,17,18). The van der Waals surface area contributed by atoms with Gasteiger partial charge in [0.15, 0.2) is 0 Å². The van der Waals surface area contributed by atoms with Crippen LogP contribution >= 0.6 is 12.6 Å². The van der Waals surface area contributed by atoms with Crippen molar-refractivity contribution in [2.75, 3.05) is 0 Å². The number of carbonyl (C=O) groups excluding carboxylic acids is 1. The average molecular weight is 268 g/mol. The molecule has 19 heavy (non-hydrogen) atoms. The van der Waals surface area contributed by atoms with Gasteiger partial charge in [-0.2, -0.15) is 5.26 Å². The van der Waals surface area contributed by atoms with Gasteiger partial charge in [-0.3, -0.25) is 4.79 Å². The summed E-state index contributed by atoms with van der Waals surface area (Å²) < 4.78 is 0. The first-order chi connectivity index (χ1) is 9.19. The Bertz CT molecular complexity index is 647. The predicted molar refractivity (Wildman–Crippen MR) is 76.0 cm³/mol. The number of nitriles is 1. The summed E-state index contributed by atoms with van der Waals surface area (Å²) in [6.45, 7) is 0.394. The third-order valence-corrected chi connectivity index (χ3v) is 2.90. The quantitative estimate of drug-likeness (QED) is 0.841. The van der Waals surface area contributed by atoms with Crippen LogP contribution in [-0.2, 0) is 6.54 Å². The fourth-order valence-electron chi connectivity index (χ4n) is 1.68. The number of nitrogens with zero attached hydrogens (tertiary/aromatic N) is 1. The molecule has 0 spiro atoms. The molecule has 0 radical (unpaired) electrons. The maximum atomic E-state index is 11.9. The zero-order valence-electron chi connectivity index (χ0n) is 10.1. The predicted octanol–water partition coefficient (Wildman–Crippen LogP) is 2.78. The fraction of sp³-hybridized carbons (Fsp3) is 0.0667. The summed E-state index contributed by atoms with van der Waals surface area (Å²) >= 11 is 4.20. The van der Waals surface area contributed by atoms with E-state index in [1.807, 2.05) is 12.1 Å². The zero-order chi connectivity index (χ0) is 13.7. The van der Waals surface area contributed by atoms with Crippen LogP contribution in [0.4, 0.5) is 0 Å². The summed E-state index contributed by atoms with van der Waals surface area (Å²) in [4.78, 5) is 12.7. The second-order valence-corrected chi connectivity index (χ2v) is 4.56. The molecule has 0 bridgehead atoms. The van der Waals surface area contributed by atoms with Crippen LogP contribution in [0.2, 0.25) is 0 Å². The molecule has 0 fully saturated rings. The molecule has 0 aliphatic carbocycles. The van der Waals surface area contributed by atoms with Crippen molar-refractivity contribution in [1.82, 2.24) is 5.32 Å². The molecule has 1 N–H and O–H groups in total. The summed E-state index contributed by atoms with van der Waals surface area (Å²) in [5.74, 6) is -0.154. The molecule has 4 heteroatoms. The average Bonchev–Trinajstić information content (AvgIpc) is 2.45. The minimum atomic E-state index is -0.154. The van der Waals surface area contributed by atoms with Crippen molar-refractivity contribution in [3.05, 3.63) is 65.2 Å². The Hall–Kier alpha value is -2.25. The first-order valence-electron chi connectivity index (χ1n) is 5.75. The summed E-state index contributed by atoms with van der Waals surface area (Å²) in [5.41, 5.74) is 2.06. The SMILES string of the molecule is N#Cc1cccc(CNC(=O)c2cccc(S)c2)c1. The monoisotopic (exact) mass is 268 g/mol. The van der Waals surface area contributed by atoms with Crippen molar-refractivity contribution in [2.24, 2.45) is 0 Å². The van der Waals surface area contributed by atoms with Crippen molar-refractivity contribution in [3.8, 4) is 6.07 Å². The highest BCUT2D eigenvalue weighted by Crippen LogP contribution is 2.09. The first-order valence-corrected chi connectivity index (χ1v) is 6.20. The van der Waals surface area contributed by atoms with Crippen LogP contribution in [-0.4, -0.2) is 5.91 Å². The van der Waals surface area contributed by atoms with E-state index in [-0.39, 0.29) is 5.91 Å². The van der Waals surface area contributed by atoms with E-state index in [4.69, 9.17) is 5.26 Å². The maximum absolute atomic E-state index is 11.9. The topological polar surface area (TPSA) is 52.9 Å². The van der Waals surface area contributed by atoms with Gasteiger partial charge in [0.1, 0.15) is 0 Å². The molecule has 0 aromatic heterocycles. The van der Waals surface area contributed by atoms with Crippen LogP contribution < -0.4 is 5.32 Å². The van der Waals surface area contributed by atoms with Gasteiger partial charge in [0.25, 0.3) is 5.91 Å². The van der Waals surface area contributed by atoms with E-state index in [2.05, 4.69) is 24.0 Å². The van der Waals surface area contributed by atoms with E-state index in [0.717, 1.165) is 10.5 Å². The summed E-state index contributed by atoms with van der Waals surface area (Å²) in [7, 11) is 0. The van der Waals surface area contributed by atoms with Gasteiger partial charge in [0.05, 0.1) is 11.6 Å². The van der Waals surface area contributed by atoms with Gasteiger partial charge in [-0.05, 0) is 35.9 Å². The Morgan fingerprint density at radius 1 is 1.21 bits per heavy atom. The molecule has 94 valence electrons. The Morgan fingerprint density at radius 3 is 2.74 bits per heavy atom. The summed E-state index contributed by atoms with van der Waals surface area (Å²) in [5, 5.41) is 11.6. The Balaban J connectivity index is 2.02. The number of rotatable bonds is 3. The van der Waals surface area contributed by atoms with Crippen LogP contribution in [0.15, 0.2) is 53.4 Å². The minimum absolute atomic E-state index is 0.154. The van der Waals surface area contributed by atoms with Gasteiger partial charge >= 0.3 is 0 Å². The third-order valence-electron chi connectivity index (χ3n) is 2.62. The van der Waals surface area contributed by atoms with E-state index in [0.29, 0.717) is 17.7 Å². The molecular weight excluding hydrogens is 256 g/mol. The molecule has 3 nitrogen and oxygen atoms in total. The molecular formula is C15H12N2OS. The Kier molecular flexibility index (Phi) is 4.22. The molecule has 0 saturated carbocycles. The Morgan fingerprint density at radius 2 is 2.00 bits per heavy atom. The van der Waals surface area contributed by atoms with E-state index in [1.54, 1.807) is 36.4 Å². The van der Waals surface area contributed by atoms with E-state index in [9.17, 15) is 4.79 Å². The van der Waals surface area contributed by atoms with Crippen LogP contribution in [0, 0.1) is 11.3 Å². The largest absolute Gasteiger partial charge is 0.348 e. The molecule has 0 saturated heterocycles. The molecule has 0 unspecified atom stereocenters. The van der Waals surface area contributed by atoms with Crippen molar-refractivity contribution < 1.29 is 4.79 Å². The lowest BCUT2D eigenvalue weighted by atomic mass is 10.1. The highest BCUT2D eigenvalue weighted by atomic mass is 32.1. The van der Waals surface area contributed by atoms with Crippen molar-refractivity contribution in [2.45, 2.75) is 11.4 Å². The van der Waals surface area contributed by atoms with Gasteiger partial charge in [0, 0.05) is 17.0 Å². The fourth-order valence-corrected chi connectivity index (χ4v) is 1.91. The molecule has 2 aromatic rings. The van der Waals surface area contributed by atoms with Gasteiger partial charge in [-0.15, -0.1) is 12.6 Å². The molecule has 2 rings (SSSR count). The lowest BCUT2D eigenvalue weighted by Gasteiger charge is -2.06. The lowest BCUT2D eigenvalue weighted by molar-refractivity contribution is 0.0950. The number of nitrogens with one attached hydrogen (secondary N) is 1. The van der Waals surface area contributed by atoms with Crippen LogP contribution in [0.1, 0.15) is 21.5 Å². The van der Waals surface area contributed by atoms with Gasteiger partial charge in [-0.1, -0.05) is 18.2 Å². The number of hydrogen-bond acceptors (Lipinski definition) is 3. The van der Waals surface area contributed by atoms with Crippen molar-refractivity contribution >= 4 is 18.5 Å². The molecule has 0 heterocycles. The molecule has 1 amide bonds. The number of carbonyl (C=O) groups is 1. The summed E-state index contributed by atoms with van der Waals surface area (Å²) in [6.07, 6.45) is 0. The van der Waals surface area contributed by atoms with Crippen LogP contribution in [0.5, 0.6) is 0 Å². The normalized spacial score (nSPS) is 9.68. The minimum Gasteiger partial charge on any atom is -0.348 e. The third kappa shape index (κ3) is 3.60. The molecule has 0 aliphatic rings. The zero-order valence-corrected chi connectivity index (χ0v) is 11.0. The lowest BCUT2D eigenvalue weighted by Crippen LogP contribution is -2.22. The highest BCUT2D eigenvalue weighted by molar-refractivity contribution is 7.80. The van der Waals surface area contributed by atoms with Gasteiger partial charge < -0.3 is 5.32 Å². The highest BCUT2D eigenvalue weighted by Gasteiger charge is 2.05. The number of thiol groups is 1. The van der Waals surface area contributed by atoms with Gasteiger partial charge in [-0.25, -0.2) is 0 Å². The molecule has 0 aliphatic heterocycles. The maximum Gasteiger partial charge on any atom is 0.251 e. The Labute approximate surface area is 117 Å². The molecule has 0 atom stereocenters. The van der Waals surface area contributed by atoms with E-state index >= 15 is 0 Å². The smallest absolute Gasteiger partial charge is 0.251 e. The van der Waals surface area contributed by atoms with Crippen LogP contribution in [0.3, 0.4) is 0 Å². The second-order valence-electron chi connectivity index (χ2n) is 4.05. The molecule has 2 aromatic carbocycles. The first kappa shape index (κ1) is 13.2. The van der Waals surface area contributed by atoms with Crippen molar-refractivity contribution in [3.63, 3.8) is 0 Å². The number of benzene rings is 2. The number of amides is 1. The summed E-state index contributed by atoms with van der Waals surface area (Å²) in [6, 6.07) is 16.3. The van der Waals surface area contributed by atoms with Gasteiger partial charge in [0.2, 0.25) is 0 Å². The van der Waals surface area contributed by atoms with E-state index in [1.165, 1.54) is 0 Å². The van der Waals surface area contributed by atoms with E-state index < -0.39 is 0 Å². The van der Waals surface area contributed by atoms with Crippen LogP contribution in [0.25, 0.3) is 0 Å². The number of hydrogen-bond donors (Lipinski definition) is 2. The second kappa shape index (κ2) is 6.07. The van der Waals surface area contributed by atoms with Crippen molar-refractivity contribution in [1.29, 1.82) is 5.26 Å².